The van der Waals surface area contributed by atoms with Crippen LogP contribution in [0.25, 0.3) is 0 Å². The largest absolute Gasteiger partial charge is 0.497 e. The molecular weight excluding hydrogens is 394 g/mol. The predicted molar refractivity (Wildman–Crippen MR) is 110 cm³/mol. The second kappa shape index (κ2) is 9.43. The van der Waals surface area contributed by atoms with E-state index in [1.807, 2.05) is 0 Å². The van der Waals surface area contributed by atoms with Crippen molar-refractivity contribution in [2.75, 3.05) is 31.6 Å². The monoisotopic (exact) mass is 415 g/mol. The van der Waals surface area contributed by atoms with Crippen molar-refractivity contribution < 1.29 is 19.1 Å². The van der Waals surface area contributed by atoms with Gasteiger partial charge in [0.25, 0.3) is 5.91 Å². The summed E-state index contributed by atoms with van der Waals surface area (Å²) in [5.74, 6) is -0.326. The molecule has 0 saturated carbocycles. The molecular formula is C21H22ClN3O4. The molecule has 0 aromatic heterocycles. The van der Waals surface area contributed by atoms with Crippen LogP contribution in [0.5, 0.6) is 5.75 Å². The van der Waals surface area contributed by atoms with E-state index in [-0.39, 0.29) is 37.2 Å². The van der Waals surface area contributed by atoms with Gasteiger partial charge in [0.2, 0.25) is 11.8 Å². The molecule has 1 heterocycles. The summed E-state index contributed by atoms with van der Waals surface area (Å²) in [5, 5.41) is 5.86. The van der Waals surface area contributed by atoms with Gasteiger partial charge >= 0.3 is 0 Å². The molecule has 29 heavy (non-hydrogen) atoms. The Morgan fingerprint density at radius 2 is 1.79 bits per heavy atom. The van der Waals surface area contributed by atoms with E-state index in [1.54, 1.807) is 60.5 Å². The highest BCUT2D eigenvalue weighted by molar-refractivity contribution is 6.33. The van der Waals surface area contributed by atoms with Gasteiger partial charge in [-0.25, -0.2) is 0 Å². The van der Waals surface area contributed by atoms with Gasteiger partial charge in [-0.05, 0) is 36.4 Å². The van der Waals surface area contributed by atoms with Crippen LogP contribution in [0.15, 0.2) is 48.5 Å². The first kappa shape index (κ1) is 20.7. The molecule has 2 N–H and O–H groups in total. The zero-order chi connectivity index (χ0) is 20.8. The van der Waals surface area contributed by atoms with Crippen LogP contribution in [0.3, 0.4) is 0 Å². The Bertz CT molecular complexity index is 901. The third kappa shape index (κ3) is 5.06. The SMILES string of the molecule is COc1ccc(N2CC(C(=O)NCCNC(=O)c3ccccc3Cl)CC2=O)cc1. The van der Waals surface area contributed by atoms with Gasteiger partial charge < -0.3 is 20.3 Å². The number of hydrogen-bond acceptors (Lipinski definition) is 4. The Hall–Kier alpha value is -3.06. The van der Waals surface area contributed by atoms with E-state index >= 15 is 0 Å². The third-order valence-electron chi connectivity index (χ3n) is 4.71. The smallest absolute Gasteiger partial charge is 0.252 e. The quantitative estimate of drug-likeness (QED) is 0.679. The zero-order valence-corrected chi connectivity index (χ0v) is 16.7. The van der Waals surface area contributed by atoms with E-state index in [9.17, 15) is 14.4 Å². The third-order valence-corrected chi connectivity index (χ3v) is 5.04. The van der Waals surface area contributed by atoms with Crippen LogP contribution in [-0.2, 0) is 9.59 Å². The lowest BCUT2D eigenvalue weighted by atomic mass is 10.1. The highest BCUT2D eigenvalue weighted by Crippen LogP contribution is 2.26. The maximum absolute atomic E-state index is 12.4. The molecule has 3 amide bonds. The molecule has 2 aromatic carbocycles. The van der Waals surface area contributed by atoms with Gasteiger partial charge in [-0.2, -0.15) is 0 Å². The topological polar surface area (TPSA) is 87.7 Å². The summed E-state index contributed by atoms with van der Waals surface area (Å²) >= 11 is 5.99. The zero-order valence-electron chi connectivity index (χ0n) is 16.0. The van der Waals surface area contributed by atoms with Crippen molar-refractivity contribution in [3.63, 3.8) is 0 Å². The van der Waals surface area contributed by atoms with Gasteiger partial charge in [-0.1, -0.05) is 23.7 Å². The molecule has 0 spiro atoms. The number of nitrogens with zero attached hydrogens (tertiary/aromatic N) is 1. The Morgan fingerprint density at radius 1 is 1.10 bits per heavy atom. The van der Waals surface area contributed by atoms with Crippen molar-refractivity contribution in [2.24, 2.45) is 5.92 Å². The average molecular weight is 416 g/mol. The maximum atomic E-state index is 12.4. The molecule has 0 radical (unpaired) electrons. The molecule has 0 bridgehead atoms. The first-order chi connectivity index (χ1) is 14.0. The number of nitrogens with one attached hydrogen (secondary N) is 2. The number of carbonyl (C=O) groups is 3. The molecule has 1 aliphatic heterocycles. The minimum Gasteiger partial charge on any atom is -0.497 e. The van der Waals surface area contributed by atoms with E-state index in [4.69, 9.17) is 16.3 Å². The van der Waals surface area contributed by atoms with Crippen LogP contribution < -0.4 is 20.3 Å². The fraction of sp³-hybridized carbons (Fsp3) is 0.286. The number of amides is 3. The molecule has 2 aromatic rings. The van der Waals surface area contributed by atoms with E-state index in [0.717, 1.165) is 5.69 Å². The summed E-state index contributed by atoms with van der Waals surface area (Å²) in [6.07, 6.45) is 0.157. The van der Waals surface area contributed by atoms with Crippen LogP contribution in [0.4, 0.5) is 5.69 Å². The molecule has 0 aliphatic carbocycles. The lowest BCUT2D eigenvalue weighted by Crippen LogP contribution is -2.38. The van der Waals surface area contributed by atoms with Crippen molar-refractivity contribution in [3.05, 3.63) is 59.1 Å². The fourth-order valence-corrected chi connectivity index (χ4v) is 3.36. The fourth-order valence-electron chi connectivity index (χ4n) is 3.14. The van der Waals surface area contributed by atoms with Gasteiger partial charge in [-0.3, -0.25) is 14.4 Å². The van der Waals surface area contributed by atoms with Crippen LogP contribution in [0.1, 0.15) is 16.8 Å². The maximum Gasteiger partial charge on any atom is 0.252 e. The summed E-state index contributed by atoms with van der Waals surface area (Å²) in [6.45, 7) is 0.851. The summed E-state index contributed by atoms with van der Waals surface area (Å²) in [7, 11) is 1.58. The number of halogens is 1. The van der Waals surface area contributed by atoms with E-state index in [1.165, 1.54) is 0 Å². The summed E-state index contributed by atoms with van der Waals surface area (Å²) in [5.41, 5.74) is 1.12. The standard InChI is InChI=1S/C21H22ClN3O4/c1-29-16-8-6-15(7-9-16)25-13-14(12-19(25)26)20(27)23-10-11-24-21(28)17-4-2-3-5-18(17)22/h2-9,14H,10-13H2,1H3,(H,23,27)(H,24,28). The molecule has 1 atom stereocenters. The Kier molecular flexibility index (Phi) is 6.72. The second-order valence-electron chi connectivity index (χ2n) is 6.63. The number of methoxy groups -OCH3 is 1. The van der Waals surface area contributed by atoms with Crippen molar-refractivity contribution in [1.82, 2.24) is 10.6 Å². The summed E-state index contributed by atoms with van der Waals surface area (Å²) in [6, 6.07) is 13.9. The normalized spacial score (nSPS) is 15.9. The Balaban J connectivity index is 1.45. The molecule has 1 unspecified atom stereocenters. The van der Waals surface area contributed by atoms with Crippen LogP contribution in [-0.4, -0.2) is 44.5 Å². The van der Waals surface area contributed by atoms with Crippen molar-refractivity contribution in [2.45, 2.75) is 6.42 Å². The van der Waals surface area contributed by atoms with E-state index in [0.29, 0.717) is 22.9 Å². The average Bonchev–Trinajstić information content (AvgIpc) is 3.13. The lowest BCUT2D eigenvalue weighted by Gasteiger charge is -2.17. The van der Waals surface area contributed by atoms with E-state index in [2.05, 4.69) is 10.6 Å². The number of carbonyl (C=O) groups excluding carboxylic acids is 3. The van der Waals surface area contributed by atoms with E-state index < -0.39 is 5.92 Å². The highest BCUT2D eigenvalue weighted by atomic mass is 35.5. The molecule has 152 valence electrons. The lowest BCUT2D eigenvalue weighted by molar-refractivity contribution is -0.126. The molecule has 8 heteroatoms. The van der Waals surface area contributed by atoms with Crippen LogP contribution >= 0.6 is 11.6 Å². The number of rotatable bonds is 7. The first-order valence-electron chi connectivity index (χ1n) is 9.24. The van der Waals surface area contributed by atoms with Crippen molar-refractivity contribution >= 4 is 35.0 Å². The number of benzene rings is 2. The highest BCUT2D eigenvalue weighted by Gasteiger charge is 2.34. The van der Waals surface area contributed by atoms with Gasteiger partial charge in [-0.15, -0.1) is 0 Å². The Morgan fingerprint density at radius 3 is 2.48 bits per heavy atom. The summed E-state index contributed by atoms with van der Waals surface area (Å²) in [4.78, 5) is 38.4. The second-order valence-corrected chi connectivity index (χ2v) is 7.04. The number of anilines is 1. The molecule has 1 aliphatic rings. The summed E-state index contributed by atoms with van der Waals surface area (Å²) < 4.78 is 5.12. The first-order valence-corrected chi connectivity index (χ1v) is 9.62. The van der Waals surface area contributed by atoms with Gasteiger partial charge in [0.1, 0.15) is 5.75 Å². The molecule has 3 rings (SSSR count). The molecule has 1 saturated heterocycles. The van der Waals surface area contributed by atoms with Crippen LogP contribution in [0.2, 0.25) is 5.02 Å². The molecule has 7 nitrogen and oxygen atoms in total. The van der Waals surface area contributed by atoms with Gasteiger partial charge in [0, 0.05) is 31.7 Å². The number of hydrogen-bond donors (Lipinski definition) is 2. The molecule has 1 fully saturated rings. The predicted octanol–water partition coefficient (Wildman–Crippen LogP) is 2.25. The minimum absolute atomic E-state index is 0.0951. The minimum atomic E-state index is -0.427. The van der Waals surface area contributed by atoms with Gasteiger partial charge in [0.05, 0.1) is 23.6 Å². The van der Waals surface area contributed by atoms with Crippen LogP contribution in [0, 0.1) is 5.92 Å². The van der Waals surface area contributed by atoms with Gasteiger partial charge in [0.15, 0.2) is 0 Å². The van der Waals surface area contributed by atoms with Crippen molar-refractivity contribution in [3.8, 4) is 5.75 Å². The number of ether oxygens (including phenoxy) is 1. The van der Waals surface area contributed by atoms with Crippen molar-refractivity contribution in [1.29, 1.82) is 0 Å². The Labute approximate surface area is 174 Å².